The summed E-state index contributed by atoms with van der Waals surface area (Å²) in [7, 11) is -3.72. The van der Waals surface area contributed by atoms with E-state index in [0.29, 0.717) is 11.4 Å². The number of hydrogen-bond donors (Lipinski definition) is 2. The largest absolute Gasteiger partial charge is 0.326 e. The van der Waals surface area contributed by atoms with E-state index in [0.717, 1.165) is 5.57 Å². The van der Waals surface area contributed by atoms with Gasteiger partial charge >= 0.3 is 0 Å². The van der Waals surface area contributed by atoms with Crippen LogP contribution in [0.5, 0.6) is 0 Å². The molecule has 0 aliphatic rings. The highest BCUT2D eigenvalue weighted by molar-refractivity contribution is 7.89. The predicted molar refractivity (Wildman–Crippen MR) is 83.6 cm³/mol. The summed E-state index contributed by atoms with van der Waals surface area (Å²) < 4.78 is 24.1. The number of nitrogens with zero attached hydrogens (tertiary/aromatic N) is 1. The van der Waals surface area contributed by atoms with E-state index in [1.54, 1.807) is 13.0 Å². The number of rotatable bonds is 5. The summed E-state index contributed by atoms with van der Waals surface area (Å²) in [6.45, 7) is 6.88. The molecule has 6 nitrogen and oxygen atoms in total. The Labute approximate surface area is 125 Å². The van der Waals surface area contributed by atoms with E-state index >= 15 is 0 Å². The van der Waals surface area contributed by atoms with Crippen molar-refractivity contribution in [2.75, 3.05) is 5.32 Å². The maximum atomic E-state index is 12.0. The zero-order chi connectivity index (χ0) is 16.0. The van der Waals surface area contributed by atoms with Crippen LogP contribution in [0.2, 0.25) is 0 Å². The molecule has 0 saturated carbocycles. The van der Waals surface area contributed by atoms with Crippen molar-refractivity contribution in [2.24, 2.45) is 5.10 Å². The SMILES string of the molecule is CC(=O)Nc1ccc(S(=O)(=O)N/N=C(/C)C=C(C)C)cc1. The molecule has 2 N–H and O–H groups in total. The van der Waals surface area contributed by atoms with Crippen molar-refractivity contribution < 1.29 is 13.2 Å². The number of benzene rings is 1. The first-order valence-corrected chi connectivity index (χ1v) is 7.77. The first-order valence-electron chi connectivity index (χ1n) is 6.29. The van der Waals surface area contributed by atoms with Gasteiger partial charge in [0.15, 0.2) is 0 Å². The van der Waals surface area contributed by atoms with E-state index in [1.807, 2.05) is 13.8 Å². The molecule has 1 amide bonds. The number of amides is 1. The van der Waals surface area contributed by atoms with Gasteiger partial charge in [0.05, 0.1) is 10.6 Å². The maximum Gasteiger partial charge on any atom is 0.276 e. The number of hydrazone groups is 1. The quantitative estimate of drug-likeness (QED) is 0.646. The van der Waals surface area contributed by atoms with Gasteiger partial charge in [-0.05, 0) is 51.1 Å². The van der Waals surface area contributed by atoms with E-state index in [2.05, 4.69) is 15.2 Å². The minimum Gasteiger partial charge on any atom is -0.326 e. The van der Waals surface area contributed by atoms with E-state index in [4.69, 9.17) is 0 Å². The van der Waals surface area contributed by atoms with Crippen molar-refractivity contribution in [1.29, 1.82) is 0 Å². The number of hydrogen-bond acceptors (Lipinski definition) is 4. The Balaban J connectivity index is 2.88. The Morgan fingerprint density at radius 1 is 1.10 bits per heavy atom. The molecule has 7 heteroatoms. The lowest BCUT2D eigenvalue weighted by Gasteiger charge is -2.06. The van der Waals surface area contributed by atoms with Crippen LogP contribution < -0.4 is 10.1 Å². The van der Waals surface area contributed by atoms with Crippen molar-refractivity contribution in [3.63, 3.8) is 0 Å². The average molecular weight is 309 g/mol. The van der Waals surface area contributed by atoms with E-state index in [9.17, 15) is 13.2 Å². The third-order valence-corrected chi connectivity index (χ3v) is 3.55. The molecule has 0 fully saturated rings. The maximum absolute atomic E-state index is 12.0. The second kappa shape index (κ2) is 7.03. The van der Waals surface area contributed by atoms with Crippen molar-refractivity contribution in [1.82, 2.24) is 4.83 Å². The summed E-state index contributed by atoms with van der Waals surface area (Å²) >= 11 is 0. The first kappa shape index (κ1) is 16.9. The summed E-state index contributed by atoms with van der Waals surface area (Å²) in [6.07, 6.45) is 1.77. The number of nitrogens with one attached hydrogen (secondary N) is 2. The Kier molecular flexibility index (Phi) is 5.66. The molecule has 0 aromatic heterocycles. The number of carbonyl (C=O) groups excluding carboxylic acids is 1. The molecule has 0 unspecified atom stereocenters. The Bertz CT molecular complexity index is 670. The van der Waals surface area contributed by atoms with Gasteiger partial charge in [-0.3, -0.25) is 4.79 Å². The van der Waals surface area contributed by atoms with Crippen molar-refractivity contribution in [3.05, 3.63) is 35.9 Å². The Morgan fingerprint density at radius 3 is 2.14 bits per heavy atom. The predicted octanol–water partition coefficient (Wildman–Crippen LogP) is 2.27. The van der Waals surface area contributed by atoms with Gasteiger partial charge in [-0.15, -0.1) is 0 Å². The topological polar surface area (TPSA) is 87.6 Å². The summed E-state index contributed by atoms with van der Waals surface area (Å²) in [6, 6.07) is 5.84. The fourth-order valence-corrected chi connectivity index (χ4v) is 2.42. The molecule has 0 aliphatic heterocycles. The van der Waals surface area contributed by atoms with Crippen LogP contribution in [0.4, 0.5) is 5.69 Å². The lowest BCUT2D eigenvalue weighted by molar-refractivity contribution is -0.114. The van der Waals surface area contributed by atoms with Gasteiger partial charge in [-0.25, -0.2) is 0 Å². The van der Waals surface area contributed by atoms with Crippen LogP contribution in [0.3, 0.4) is 0 Å². The highest BCUT2D eigenvalue weighted by atomic mass is 32.2. The van der Waals surface area contributed by atoms with Gasteiger partial charge < -0.3 is 5.32 Å². The minimum atomic E-state index is -3.72. The second-order valence-corrected chi connectivity index (χ2v) is 6.44. The molecule has 0 atom stereocenters. The Morgan fingerprint density at radius 2 is 1.67 bits per heavy atom. The van der Waals surface area contributed by atoms with Crippen LogP contribution in [-0.2, 0) is 14.8 Å². The third-order valence-electron chi connectivity index (χ3n) is 2.32. The number of sulfonamides is 1. The molecule has 0 saturated heterocycles. The molecular formula is C14H19N3O3S. The summed E-state index contributed by atoms with van der Waals surface area (Å²) in [5.41, 5.74) is 2.12. The zero-order valence-corrected chi connectivity index (χ0v) is 13.3. The molecular weight excluding hydrogens is 290 g/mol. The van der Waals surface area contributed by atoms with Crippen LogP contribution in [0, 0.1) is 0 Å². The molecule has 0 aliphatic carbocycles. The Hall–Kier alpha value is -2.15. The fraction of sp³-hybridized carbons (Fsp3) is 0.286. The highest BCUT2D eigenvalue weighted by Gasteiger charge is 2.12. The monoisotopic (exact) mass is 309 g/mol. The molecule has 1 rings (SSSR count). The zero-order valence-electron chi connectivity index (χ0n) is 12.5. The first-order chi connectivity index (χ1) is 9.70. The van der Waals surface area contributed by atoms with Gasteiger partial charge in [0.2, 0.25) is 5.91 Å². The van der Waals surface area contributed by atoms with E-state index in [1.165, 1.54) is 31.2 Å². The molecule has 114 valence electrons. The van der Waals surface area contributed by atoms with Gasteiger partial charge in [-0.1, -0.05) is 5.57 Å². The van der Waals surface area contributed by atoms with Gasteiger partial charge in [0.1, 0.15) is 0 Å². The lowest BCUT2D eigenvalue weighted by atomic mass is 10.3. The smallest absolute Gasteiger partial charge is 0.276 e. The van der Waals surface area contributed by atoms with Gasteiger partial charge in [-0.2, -0.15) is 18.4 Å². The van der Waals surface area contributed by atoms with Crippen LogP contribution in [0.15, 0.2) is 45.9 Å². The molecule has 21 heavy (non-hydrogen) atoms. The second-order valence-electron chi connectivity index (χ2n) is 4.78. The number of anilines is 1. The lowest BCUT2D eigenvalue weighted by Crippen LogP contribution is -2.19. The van der Waals surface area contributed by atoms with Gasteiger partial charge in [0.25, 0.3) is 10.0 Å². The van der Waals surface area contributed by atoms with E-state index < -0.39 is 10.0 Å². The van der Waals surface area contributed by atoms with Crippen molar-refractivity contribution in [2.45, 2.75) is 32.6 Å². The van der Waals surface area contributed by atoms with Crippen molar-refractivity contribution in [3.8, 4) is 0 Å². The summed E-state index contributed by atoms with van der Waals surface area (Å²) in [4.78, 5) is 13.1. The van der Waals surface area contributed by atoms with Crippen LogP contribution in [0.25, 0.3) is 0 Å². The standard InChI is InChI=1S/C14H19N3O3S/c1-10(2)9-11(3)16-17-21(19,20)14-7-5-13(6-8-14)15-12(4)18/h5-9,17H,1-4H3,(H,15,18)/b16-11-. The van der Waals surface area contributed by atoms with Crippen LogP contribution >= 0.6 is 0 Å². The molecule has 1 aromatic rings. The number of carbonyl (C=O) groups is 1. The third kappa shape index (κ3) is 5.78. The van der Waals surface area contributed by atoms with E-state index in [-0.39, 0.29) is 10.8 Å². The van der Waals surface area contributed by atoms with Crippen molar-refractivity contribution >= 4 is 27.3 Å². The average Bonchev–Trinajstić information content (AvgIpc) is 2.36. The molecule has 0 heterocycles. The molecule has 1 aromatic carbocycles. The normalized spacial score (nSPS) is 11.7. The summed E-state index contributed by atoms with van der Waals surface area (Å²) in [5, 5.41) is 6.38. The number of allylic oxidation sites excluding steroid dienone is 2. The minimum absolute atomic E-state index is 0.0744. The fourth-order valence-electron chi connectivity index (χ4n) is 1.56. The molecule has 0 radical (unpaired) electrons. The summed E-state index contributed by atoms with van der Waals surface area (Å²) in [5.74, 6) is -0.217. The van der Waals surface area contributed by atoms with Crippen LogP contribution in [0.1, 0.15) is 27.7 Å². The van der Waals surface area contributed by atoms with Gasteiger partial charge in [0, 0.05) is 12.6 Å². The highest BCUT2D eigenvalue weighted by Crippen LogP contribution is 2.13. The molecule has 0 bridgehead atoms. The molecule has 0 spiro atoms. The van der Waals surface area contributed by atoms with Crippen LogP contribution in [-0.4, -0.2) is 20.0 Å².